The molecule has 1 heterocycles. The van der Waals surface area contributed by atoms with Crippen LogP contribution in [0.1, 0.15) is 16.2 Å². The van der Waals surface area contributed by atoms with Crippen LogP contribution < -0.4 is 5.32 Å². The summed E-state index contributed by atoms with van der Waals surface area (Å²) in [5.41, 5.74) is 0.958. The Morgan fingerprint density at radius 3 is 3.07 bits per heavy atom. The number of nitrogens with zero attached hydrogens (tertiary/aromatic N) is 1. The van der Waals surface area contributed by atoms with Crippen LogP contribution in [0.15, 0.2) is 34.9 Å². The number of hydrogen-bond acceptors (Lipinski definition) is 3. The van der Waals surface area contributed by atoms with Gasteiger partial charge in [-0.3, -0.25) is 4.79 Å². The minimum atomic E-state index is -0.286. The van der Waals surface area contributed by atoms with Crippen molar-refractivity contribution in [3.8, 4) is 0 Å². The average Bonchev–Trinajstić information content (AvgIpc) is 2.66. The second kappa shape index (κ2) is 3.96. The lowest BCUT2D eigenvalue weighted by molar-refractivity contribution is 0.101. The smallest absolute Gasteiger partial charge is 0.277 e. The first-order chi connectivity index (χ1) is 7.25. The Morgan fingerprint density at radius 2 is 2.47 bits per heavy atom. The van der Waals surface area contributed by atoms with Gasteiger partial charge in [0, 0.05) is 11.8 Å². The predicted octanol–water partition coefficient (Wildman–Crippen LogP) is 2.04. The molecule has 1 amide bonds. The SMILES string of the molecule is Cc1cc(C(=O)Nc2c[c]ccc2)no1. The molecule has 0 aliphatic heterocycles. The minimum absolute atomic E-state index is 0.274. The summed E-state index contributed by atoms with van der Waals surface area (Å²) in [6.07, 6.45) is 0. The van der Waals surface area contributed by atoms with Gasteiger partial charge in [0.25, 0.3) is 5.91 Å². The van der Waals surface area contributed by atoms with E-state index >= 15 is 0 Å². The van der Waals surface area contributed by atoms with E-state index in [-0.39, 0.29) is 11.6 Å². The van der Waals surface area contributed by atoms with Crippen LogP contribution in [0.2, 0.25) is 0 Å². The van der Waals surface area contributed by atoms with Crippen LogP contribution in [0.4, 0.5) is 5.69 Å². The third-order valence-electron chi connectivity index (χ3n) is 1.83. The number of aryl methyl sites for hydroxylation is 1. The van der Waals surface area contributed by atoms with E-state index in [1.54, 1.807) is 37.3 Å². The number of anilines is 1. The number of amides is 1. The van der Waals surface area contributed by atoms with Gasteiger partial charge in [-0.15, -0.1) is 0 Å². The molecule has 1 aromatic heterocycles. The number of carbonyl (C=O) groups is 1. The molecule has 0 unspecified atom stereocenters. The Hall–Kier alpha value is -2.10. The van der Waals surface area contributed by atoms with Crippen LogP contribution >= 0.6 is 0 Å². The minimum Gasteiger partial charge on any atom is -0.361 e. The van der Waals surface area contributed by atoms with E-state index in [4.69, 9.17) is 4.52 Å². The van der Waals surface area contributed by atoms with Crippen molar-refractivity contribution in [1.82, 2.24) is 5.16 Å². The third-order valence-corrected chi connectivity index (χ3v) is 1.83. The summed E-state index contributed by atoms with van der Waals surface area (Å²) in [5, 5.41) is 6.29. The quantitative estimate of drug-likeness (QED) is 0.808. The van der Waals surface area contributed by atoms with Crippen molar-refractivity contribution in [2.24, 2.45) is 0 Å². The molecular weight excluding hydrogens is 192 g/mol. The van der Waals surface area contributed by atoms with Gasteiger partial charge in [-0.25, -0.2) is 0 Å². The summed E-state index contributed by atoms with van der Waals surface area (Å²) < 4.78 is 4.80. The van der Waals surface area contributed by atoms with Gasteiger partial charge in [0.05, 0.1) is 0 Å². The molecule has 2 aromatic rings. The zero-order chi connectivity index (χ0) is 10.7. The zero-order valence-electron chi connectivity index (χ0n) is 8.15. The van der Waals surface area contributed by atoms with Gasteiger partial charge in [-0.05, 0) is 25.1 Å². The van der Waals surface area contributed by atoms with Gasteiger partial charge in [0.2, 0.25) is 0 Å². The molecule has 15 heavy (non-hydrogen) atoms. The molecule has 0 saturated carbocycles. The lowest BCUT2D eigenvalue weighted by Crippen LogP contribution is -2.11. The van der Waals surface area contributed by atoms with Gasteiger partial charge in [0.15, 0.2) is 5.69 Å². The molecule has 4 nitrogen and oxygen atoms in total. The highest BCUT2D eigenvalue weighted by atomic mass is 16.5. The van der Waals surface area contributed by atoms with Crippen LogP contribution in [-0.2, 0) is 0 Å². The van der Waals surface area contributed by atoms with E-state index in [0.717, 1.165) is 0 Å². The lowest BCUT2D eigenvalue weighted by atomic mass is 10.3. The van der Waals surface area contributed by atoms with Crippen molar-refractivity contribution in [2.45, 2.75) is 6.92 Å². The van der Waals surface area contributed by atoms with Crippen LogP contribution in [0.25, 0.3) is 0 Å². The molecule has 0 bridgehead atoms. The molecule has 2 rings (SSSR count). The highest BCUT2D eigenvalue weighted by Gasteiger charge is 2.10. The molecule has 1 radical (unpaired) electrons. The first kappa shape index (κ1) is 9.45. The fourth-order valence-corrected chi connectivity index (χ4v) is 1.14. The number of hydrogen-bond donors (Lipinski definition) is 1. The molecule has 1 aromatic carbocycles. The molecule has 0 aliphatic carbocycles. The summed E-state index contributed by atoms with van der Waals surface area (Å²) in [4.78, 5) is 11.6. The molecule has 0 spiro atoms. The maximum Gasteiger partial charge on any atom is 0.277 e. The largest absolute Gasteiger partial charge is 0.361 e. The summed E-state index contributed by atoms with van der Waals surface area (Å²) in [6, 6.07) is 11.5. The fraction of sp³-hybridized carbons (Fsp3) is 0.0909. The summed E-state index contributed by atoms with van der Waals surface area (Å²) in [5.74, 6) is 0.325. The normalized spacial score (nSPS) is 9.93. The van der Waals surface area contributed by atoms with Gasteiger partial charge in [-0.2, -0.15) is 0 Å². The zero-order valence-corrected chi connectivity index (χ0v) is 8.15. The highest BCUT2D eigenvalue weighted by Crippen LogP contribution is 2.08. The Morgan fingerprint density at radius 1 is 1.60 bits per heavy atom. The highest BCUT2D eigenvalue weighted by molar-refractivity contribution is 6.02. The van der Waals surface area contributed by atoms with Gasteiger partial charge >= 0.3 is 0 Å². The van der Waals surface area contributed by atoms with Crippen molar-refractivity contribution in [3.63, 3.8) is 0 Å². The summed E-state index contributed by atoms with van der Waals surface area (Å²) in [6.45, 7) is 1.74. The number of rotatable bonds is 2. The van der Waals surface area contributed by atoms with E-state index in [0.29, 0.717) is 11.4 Å². The summed E-state index contributed by atoms with van der Waals surface area (Å²) >= 11 is 0. The van der Waals surface area contributed by atoms with Gasteiger partial charge in [0.1, 0.15) is 5.76 Å². The van der Waals surface area contributed by atoms with E-state index in [1.165, 1.54) is 0 Å². The van der Waals surface area contributed by atoms with Crippen molar-refractivity contribution < 1.29 is 9.32 Å². The van der Waals surface area contributed by atoms with E-state index in [1.807, 2.05) is 0 Å². The van der Waals surface area contributed by atoms with Crippen LogP contribution in [0, 0.1) is 13.0 Å². The topological polar surface area (TPSA) is 55.1 Å². The van der Waals surface area contributed by atoms with Crippen molar-refractivity contribution in [3.05, 3.63) is 47.9 Å². The van der Waals surface area contributed by atoms with E-state index in [2.05, 4.69) is 16.5 Å². The van der Waals surface area contributed by atoms with Crippen molar-refractivity contribution in [2.75, 3.05) is 5.32 Å². The van der Waals surface area contributed by atoms with Crippen LogP contribution in [0.5, 0.6) is 0 Å². The molecular formula is C11H9N2O2. The molecule has 0 aliphatic rings. The maximum absolute atomic E-state index is 11.6. The van der Waals surface area contributed by atoms with E-state index < -0.39 is 0 Å². The van der Waals surface area contributed by atoms with Gasteiger partial charge in [-0.1, -0.05) is 17.3 Å². The van der Waals surface area contributed by atoms with Crippen molar-refractivity contribution >= 4 is 11.6 Å². The molecule has 0 saturated heterocycles. The number of carbonyl (C=O) groups excluding carboxylic acids is 1. The first-order valence-electron chi connectivity index (χ1n) is 4.46. The van der Waals surface area contributed by atoms with Gasteiger partial charge < -0.3 is 9.84 Å². The standard InChI is InChI=1S/C11H9N2O2/c1-8-7-10(13-15-8)11(14)12-9-5-3-2-4-6-9/h2-3,5-7H,1H3,(H,12,14). The van der Waals surface area contributed by atoms with Crippen LogP contribution in [0.3, 0.4) is 0 Å². The number of nitrogens with one attached hydrogen (secondary N) is 1. The lowest BCUT2D eigenvalue weighted by Gasteiger charge is -2.00. The third kappa shape index (κ3) is 2.22. The van der Waals surface area contributed by atoms with E-state index in [9.17, 15) is 4.79 Å². The molecule has 4 heteroatoms. The second-order valence-electron chi connectivity index (χ2n) is 3.07. The monoisotopic (exact) mass is 201 g/mol. The Balaban J connectivity index is 2.11. The molecule has 75 valence electrons. The Bertz CT molecular complexity index is 462. The Kier molecular flexibility index (Phi) is 2.49. The molecule has 1 N–H and O–H groups in total. The number of benzene rings is 1. The Labute approximate surface area is 86.9 Å². The first-order valence-corrected chi connectivity index (χ1v) is 4.46. The molecule has 0 atom stereocenters. The predicted molar refractivity (Wildman–Crippen MR) is 54.5 cm³/mol. The maximum atomic E-state index is 11.6. The molecule has 0 fully saturated rings. The summed E-state index contributed by atoms with van der Waals surface area (Å²) in [7, 11) is 0. The second-order valence-corrected chi connectivity index (χ2v) is 3.07. The fourth-order valence-electron chi connectivity index (χ4n) is 1.14. The number of aromatic nitrogens is 1. The average molecular weight is 201 g/mol. The van der Waals surface area contributed by atoms with Crippen molar-refractivity contribution in [1.29, 1.82) is 0 Å². The van der Waals surface area contributed by atoms with Crippen LogP contribution in [-0.4, -0.2) is 11.1 Å².